The van der Waals surface area contributed by atoms with Crippen LogP contribution in [0.4, 0.5) is 0 Å². The summed E-state index contributed by atoms with van der Waals surface area (Å²) in [7, 11) is 2.16. The fraction of sp³-hybridized carbons (Fsp3) is 0.350. The first-order valence-corrected chi connectivity index (χ1v) is 8.18. The molecule has 1 aliphatic rings. The highest BCUT2D eigenvalue weighted by atomic mass is 16.5. The number of esters is 1. The molecule has 0 amide bonds. The summed E-state index contributed by atoms with van der Waals surface area (Å²) in [6.07, 6.45) is 0.343. The summed E-state index contributed by atoms with van der Waals surface area (Å²) in [5.41, 5.74) is 5.13. The number of likely N-dealkylation sites (N-methyl/N-ethyl adjacent to an activating group) is 1. The molecule has 0 fully saturated rings. The van der Waals surface area contributed by atoms with Gasteiger partial charge in [-0.15, -0.1) is 0 Å². The maximum atomic E-state index is 11.6. The molecule has 0 aromatic heterocycles. The molecule has 0 aliphatic carbocycles. The molecule has 3 heteroatoms. The summed E-state index contributed by atoms with van der Waals surface area (Å²) in [5.74, 6) is 0.226. The van der Waals surface area contributed by atoms with Crippen LogP contribution >= 0.6 is 0 Å². The van der Waals surface area contributed by atoms with E-state index in [0.29, 0.717) is 18.9 Å². The van der Waals surface area contributed by atoms with Crippen LogP contribution in [0, 0.1) is 0 Å². The first-order chi connectivity index (χ1) is 11.2. The SMILES string of the molecule is CCOC(=O)Cc1ccc([C@H]2CN(C)Cc3ccccc32)cc1. The van der Waals surface area contributed by atoms with E-state index in [1.807, 2.05) is 19.1 Å². The number of ether oxygens (including phenoxy) is 1. The fourth-order valence-electron chi connectivity index (χ4n) is 3.31. The molecule has 0 spiro atoms. The lowest BCUT2D eigenvalue weighted by Gasteiger charge is -2.32. The van der Waals surface area contributed by atoms with Crippen molar-refractivity contribution in [1.29, 1.82) is 0 Å². The van der Waals surface area contributed by atoms with E-state index in [4.69, 9.17) is 4.74 Å². The van der Waals surface area contributed by atoms with Gasteiger partial charge in [-0.25, -0.2) is 0 Å². The molecular weight excluding hydrogens is 286 g/mol. The lowest BCUT2D eigenvalue weighted by atomic mass is 9.84. The first-order valence-electron chi connectivity index (χ1n) is 8.18. The molecule has 2 aromatic carbocycles. The predicted octanol–water partition coefficient (Wildman–Crippen LogP) is 3.37. The molecule has 3 nitrogen and oxygen atoms in total. The normalized spacial score (nSPS) is 17.6. The molecule has 1 aliphatic heterocycles. The van der Waals surface area contributed by atoms with Crippen LogP contribution in [-0.4, -0.2) is 31.1 Å². The van der Waals surface area contributed by atoms with Gasteiger partial charge in [0, 0.05) is 19.0 Å². The quantitative estimate of drug-likeness (QED) is 0.811. The predicted molar refractivity (Wildman–Crippen MR) is 91.4 cm³/mol. The molecule has 3 rings (SSSR count). The molecular formula is C20H23NO2. The number of hydrogen-bond acceptors (Lipinski definition) is 3. The van der Waals surface area contributed by atoms with Crippen molar-refractivity contribution in [2.24, 2.45) is 0 Å². The van der Waals surface area contributed by atoms with E-state index >= 15 is 0 Å². The van der Waals surface area contributed by atoms with Gasteiger partial charge >= 0.3 is 5.97 Å². The Bertz CT molecular complexity index is 678. The van der Waals surface area contributed by atoms with Gasteiger partial charge in [-0.3, -0.25) is 4.79 Å². The zero-order valence-corrected chi connectivity index (χ0v) is 13.8. The van der Waals surface area contributed by atoms with Gasteiger partial charge in [0.05, 0.1) is 13.0 Å². The summed E-state index contributed by atoms with van der Waals surface area (Å²) in [6, 6.07) is 17.1. The highest BCUT2D eigenvalue weighted by Gasteiger charge is 2.24. The third-order valence-corrected chi connectivity index (χ3v) is 4.40. The molecule has 0 unspecified atom stereocenters. The van der Waals surface area contributed by atoms with Crippen molar-refractivity contribution >= 4 is 5.97 Å². The maximum absolute atomic E-state index is 11.6. The van der Waals surface area contributed by atoms with Crippen LogP contribution < -0.4 is 0 Å². The van der Waals surface area contributed by atoms with Crippen LogP contribution in [0.15, 0.2) is 48.5 Å². The number of carbonyl (C=O) groups is 1. The molecule has 1 heterocycles. The van der Waals surface area contributed by atoms with E-state index < -0.39 is 0 Å². The summed E-state index contributed by atoms with van der Waals surface area (Å²) >= 11 is 0. The topological polar surface area (TPSA) is 29.5 Å². The molecule has 0 saturated heterocycles. The van der Waals surface area contributed by atoms with Crippen LogP contribution in [0.3, 0.4) is 0 Å². The average Bonchev–Trinajstić information content (AvgIpc) is 2.55. The Labute approximate surface area is 137 Å². The van der Waals surface area contributed by atoms with E-state index in [0.717, 1.165) is 18.7 Å². The highest BCUT2D eigenvalue weighted by molar-refractivity contribution is 5.72. The number of hydrogen-bond donors (Lipinski definition) is 0. The van der Waals surface area contributed by atoms with Crippen molar-refractivity contribution in [3.05, 3.63) is 70.8 Å². The van der Waals surface area contributed by atoms with Gasteiger partial charge in [-0.2, -0.15) is 0 Å². The molecule has 0 bridgehead atoms. The number of fused-ring (bicyclic) bond motifs is 1. The van der Waals surface area contributed by atoms with Crippen LogP contribution in [0.1, 0.15) is 35.1 Å². The molecule has 0 saturated carbocycles. The standard InChI is InChI=1S/C20H23NO2/c1-3-23-20(22)12-15-8-10-16(11-9-15)19-14-21(2)13-17-6-4-5-7-18(17)19/h4-11,19H,3,12-14H2,1-2H3/t19-/m1/s1. The zero-order valence-electron chi connectivity index (χ0n) is 13.8. The Morgan fingerprint density at radius 1 is 1.17 bits per heavy atom. The number of carbonyl (C=O) groups excluding carboxylic acids is 1. The molecule has 1 atom stereocenters. The van der Waals surface area contributed by atoms with Crippen LogP contribution in [0.2, 0.25) is 0 Å². The Kier molecular flexibility index (Phi) is 4.77. The number of nitrogens with zero attached hydrogens (tertiary/aromatic N) is 1. The second-order valence-corrected chi connectivity index (χ2v) is 6.17. The third-order valence-electron chi connectivity index (χ3n) is 4.40. The lowest BCUT2D eigenvalue weighted by Crippen LogP contribution is -2.30. The van der Waals surface area contributed by atoms with E-state index in [1.165, 1.54) is 16.7 Å². The molecule has 2 aromatic rings. The van der Waals surface area contributed by atoms with E-state index in [-0.39, 0.29) is 5.97 Å². The Morgan fingerprint density at radius 2 is 1.91 bits per heavy atom. The average molecular weight is 309 g/mol. The first kappa shape index (κ1) is 15.8. The number of rotatable bonds is 4. The maximum Gasteiger partial charge on any atom is 0.310 e. The second-order valence-electron chi connectivity index (χ2n) is 6.17. The van der Waals surface area contributed by atoms with E-state index in [2.05, 4.69) is 48.3 Å². The lowest BCUT2D eigenvalue weighted by molar-refractivity contribution is -0.142. The Morgan fingerprint density at radius 3 is 2.65 bits per heavy atom. The van der Waals surface area contributed by atoms with Crippen molar-refractivity contribution in [2.45, 2.75) is 25.8 Å². The van der Waals surface area contributed by atoms with Gasteiger partial charge in [0.1, 0.15) is 0 Å². The van der Waals surface area contributed by atoms with Crippen molar-refractivity contribution in [3.8, 4) is 0 Å². The van der Waals surface area contributed by atoms with Crippen molar-refractivity contribution < 1.29 is 9.53 Å². The molecule has 0 N–H and O–H groups in total. The van der Waals surface area contributed by atoms with Gasteiger partial charge in [0.2, 0.25) is 0 Å². The summed E-state index contributed by atoms with van der Waals surface area (Å²) in [4.78, 5) is 13.9. The minimum atomic E-state index is -0.164. The molecule has 120 valence electrons. The van der Waals surface area contributed by atoms with Gasteiger partial charge in [0.15, 0.2) is 0 Å². The Balaban J connectivity index is 1.81. The smallest absolute Gasteiger partial charge is 0.310 e. The summed E-state index contributed by atoms with van der Waals surface area (Å²) < 4.78 is 5.01. The van der Waals surface area contributed by atoms with Gasteiger partial charge in [-0.1, -0.05) is 48.5 Å². The molecule has 23 heavy (non-hydrogen) atoms. The minimum Gasteiger partial charge on any atom is -0.466 e. The van der Waals surface area contributed by atoms with E-state index in [1.54, 1.807) is 0 Å². The Hall–Kier alpha value is -2.13. The highest BCUT2D eigenvalue weighted by Crippen LogP contribution is 2.32. The van der Waals surface area contributed by atoms with Gasteiger partial charge in [0.25, 0.3) is 0 Å². The monoisotopic (exact) mass is 309 g/mol. The van der Waals surface area contributed by atoms with Crippen LogP contribution in [-0.2, 0) is 22.5 Å². The van der Waals surface area contributed by atoms with Gasteiger partial charge < -0.3 is 9.64 Å². The summed E-state index contributed by atoms with van der Waals surface area (Å²) in [6.45, 7) is 4.29. The number of benzene rings is 2. The zero-order chi connectivity index (χ0) is 16.2. The van der Waals surface area contributed by atoms with Crippen molar-refractivity contribution in [1.82, 2.24) is 4.90 Å². The third kappa shape index (κ3) is 3.62. The fourth-order valence-corrected chi connectivity index (χ4v) is 3.31. The minimum absolute atomic E-state index is 0.164. The van der Waals surface area contributed by atoms with Crippen molar-refractivity contribution in [2.75, 3.05) is 20.2 Å². The van der Waals surface area contributed by atoms with Crippen molar-refractivity contribution in [3.63, 3.8) is 0 Å². The summed E-state index contributed by atoms with van der Waals surface area (Å²) in [5, 5.41) is 0. The van der Waals surface area contributed by atoms with E-state index in [9.17, 15) is 4.79 Å². The second kappa shape index (κ2) is 6.97. The molecule has 0 radical (unpaired) electrons. The van der Waals surface area contributed by atoms with Crippen LogP contribution in [0.5, 0.6) is 0 Å². The largest absolute Gasteiger partial charge is 0.466 e. The van der Waals surface area contributed by atoms with Gasteiger partial charge in [-0.05, 0) is 36.2 Å². The van der Waals surface area contributed by atoms with Crippen LogP contribution in [0.25, 0.3) is 0 Å².